The zero-order valence-corrected chi connectivity index (χ0v) is 7.63. The first-order valence-electron chi connectivity index (χ1n) is 4.18. The number of rotatable bonds is 3. The summed E-state index contributed by atoms with van der Waals surface area (Å²) in [6, 6.07) is 0. The molecule has 68 valence electrons. The van der Waals surface area contributed by atoms with E-state index >= 15 is 0 Å². The third kappa shape index (κ3) is 1.13. The van der Waals surface area contributed by atoms with Crippen molar-refractivity contribution < 1.29 is 14.7 Å². The summed E-state index contributed by atoms with van der Waals surface area (Å²) in [7, 11) is 0. The molecule has 12 heavy (non-hydrogen) atoms. The van der Waals surface area contributed by atoms with Crippen LogP contribution in [0.4, 0.5) is 0 Å². The van der Waals surface area contributed by atoms with E-state index in [1.165, 1.54) is 0 Å². The van der Waals surface area contributed by atoms with Crippen LogP contribution in [0.5, 0.6) is 0 Å². The Morgan fingerprint density at radius 3 is 2.08 bits per heavy atom. The fourth-order valence-corrected chi connectivity index (χ4v) is 1.92. The Labute approximate surface area is 71.8 Å². The number of carboxylic acid groups (broad SMARTS) is 1. The van der Waals surface area contributed by atoms with Gasteiger partial charge < -0.3 is 5.11 Å². The fourth-order valence-electron chi connectivity index (χ4n) is 1.92. The Kier molecular flexibility index (Phi) is 1.98. The number of carbonyl (C=O) groups excluding carboxylic acids is 1. The summed E-state index contributed by atoms with van der Waals surface area (Å²) < 4.78 is 0. The maximum absolute atomic E-state index is 11.2. The van der Waals surface area contributed by atoms with Crippen molar-refractivity contribution in [3.63, 3.8) is 0 Å². The molecule has 0 amide bonds. The van der Waals surface area contributed by atoms with Crippen molar-refractivity contribution in [3.8, 4) is 0 Å². The van der Waals surface area contributed by atoms with Gasteiger partial charge in [-0.2, -0.15) is 0 Å². The van der Waals surface area contributed by atoms with Gasteiger partial charge in [0.2, 0.25) is 0 Å². The second-order valence-electron chi connectivity index (χ2n) is 3.93. The molecule has 1 aliphatic rings. The number of hydrogen-bond acceptors (Lipinski definition) is 2. The van der Waals surface area contributed by atoms with E-state index in [0.717, 1.165) is 0 Å². The van der Waals surface area contributed by atoms with Gasteiger partial charge in [0.15, 0.2) is 0 Å². The summed E-state index contributed by atoms with van der Waals surface area (Å²) in [5, 5.41) is 8.75. The number of carbonyl (C=O) groups is 2. The van der Waals surface area contributed by atoms with Crippen LogP contribution in [0.25, 0.3) is 0 Å². The topological polar surface area (TPSA) is 54.4 Å². The SMILES string of the molecule is CCC(=O)C1C(C(=O)O)C1(C)C. The number of Topliss-reactive ketones (excluding diaryl/α,β-unsaturated/α-hetero) is 1. The Morgan fingerprint density at radius 1 is 1.33 bits per heavy atom. The van der Waals surface area contributed by atoms with Crippen LogP contribution in [-0.2, 0) is 9.59 Å². The number of ketones is 1. The molecule has 2 unspecified atom stereocenters. The normalized spacial score (nSPS) is 31.2. The first kappa shape index (κ1) is 9.23. The third-order valence-corrected chi connectivity index (χ3v) is 2.79. The Bertz CT molecular complexity index is 230. The summed E-state index contributed by atoms with van der Waals surface area (Å²) in [5.74, 6) is -1.47. The van der Waals surface area contributed by atoms with Gasteiger partial charge in [0.25, 0.3) is 0 Å². The highest BCUT2D eigenvalue weighted by Crippen LogP contribution is 2.58. The highest BCUT2D eigenvalue weighted by Gasteiger charge is 2.64. The molecule has 0 aromatic heterocycles. The zero-order chi connectivity index (χ0) is 9.52. The first-order valence-corrected chi connectivity index (χ1v) is 4.18. The fraction of sp³-hybridized carbons (Fsp3) is 0.778. The number of aliphatic carboxylic acids is 1. The minimum absolute atomic E-state index is 0.0763. The summed E-state index contributed by atoms with van der Waals surface area (Å²) in [6.45, 7) is 5.45. The monoisotopic (exact) mass is 170 g/mol. The highest BCUT2D eigenvalue weighted by atomic mass is 16.4. The summed E-state index contributed by atoms with van der Waals surface area (Å²) in [6.07, 6.45) is 0.442. The summed E-state index contributed by atoms with van der Waals surface area (Å²) in [5.41, 5.74) is -0.321. The van der Waals surface area contributed by atoms with Crippen molar-refractivity contribution in [2.75, 3.05) is 0 Å². The lowest BCUT2D eigenvalue weighted by Gasteiger charge is -1.97. The number of hydrogen-bond donors (Lipinski definition) is 1. The van der Waals surface area contributed by atoms with E-state index in [9.17, 15) is 9.59 Å². The second kappa shape index (κ2) is 2.57. The molecule has 0 spiro atoms. The van der Waals surface area contributed by atoms with Crippen molar-refractivity contribution in [3.05, 3.63) is 0 Å². The molecule has 1 saturated carbocycles. The van der Waals surface area contributed by atoms with Gasteiger partial charge in [-0.25, -0.2) is 0 Å². The minimum atomic E-state index is -0.841. The van der Waals surface area contributed by atoms with Crippen molar-refractivity contribution >= 4 is 11.8 Å². The molecule has 0 aromatic carbocycles. The quantitative estimate of drug-likeness (QED) is 0.695. The summed E-state index contributed by atoms with van der Waals surface area (Å²) >= 11 is 0. The smallest absolute Gasteiger partial charge is 0.307 e. The van der Waals surface area contributed by atoms with Crippen LogP contribution in [0.1, 0.15) is 27.2 Å². The van der Waals surface area contributed by atoms with E-state index in [1.807, 2.05) is 13.8 Å². The molecule has 3 heteroatoms. The lowest BCUT2D eigenvalue weighted by Crippen LogP contribution is -2.06. The van der Waals surface area contributed by atoms with E-state index in [-0.39, 0.29) is 17.1 Å². The summed E-state index contributed by atoms with van der Waals surface area (Å²) in [4.78, 5) is 21.9. The lowest BCUT2D eigenvalue weighted by atomic mass is 10.1. The van der Waals surface area contributed by atoms with Crippen LogP contribution in [0.3, 0.4) is 0 Å². The Hall–Kier alpha value is -0.860. The Morgan fingerprint density at radius 2 is 1.83 bits per heavy atom. The van der Waals surface area contributed by atoms with Gasteiger partial charge in [-0.15, -0.1) is 0 Å². The average molecular weight is 170 g/mol. The van der Waals surface area contributed by atoms with Crippen LogP contribution >= 0.6 is 0 Å². The van der Waals surface area contributed by atoms with Gasteiger partial charge in [0.05, 0.1) is 5.92 Å². The molecular weight excluding hydrogens is 156 g/mol. The molecule has 3 nitrogen and oxygen atoms in total. The molecule has 0 heterocycles. The highest BCUT2D eigenvalue weighted by molar-refractivity contribution is 5.92. The van der Waals surface area contributed by atoms with Gasteiger partial charge in [-0.3, -0.25) is 9.59 Å². The molecule has 0 aliphatic heterocycles. The van der Waals surface area contributed by atoms with E-state index in [0.29, 0.717) is 6.42 Å². The van der Waals surface area contributed by atoms with E-state index in [1.54, 1.807) is 6.92 Å². The molecule has 2 atom stereocenters. The maximum Gasteiger partial charge on any atom is 0.307 e. The maximum atomic E-state index is 11.2. The standard InChI is InChI=1S/C9H14O3/c1-4-5(10)6-7(8(11)12)9(6,2)3/h6-7H,4H2,1-3H3,(H,11,12). The van der Waals surface area contributed by atoms with Crippen molar-refractivity contribution in [2.45, 2.75) is 27.2 Å². The molecule has 1 N–H and O–H groups in total. The average Bonchev–Trinajstić information content (AvgIpc) is 2.52. The van der Waals surface area contributed by atoms with Gasteiger partial charge in [-0.1, -0.05) is 20.8 Å². The predicted molar refractivity (Wildman–Crippen MR) is 43.7 cm³/mol. The largest absolute Gasteiger partial charge is 0.481 e. The number of carboxylic acids is 1. The van der Waals surface area contributed by atoms with Crippen LogP contribution in [-0.4, -0.2) is 16.9 Å². The zero-order valence-electron chi connectivity index (χ0n) is 7.63. The van der Waals surface area contributed by atoms with E-state index in [2.05, 4.69) is 0 Å². The van der Waals surface area contributed by atoms with Crippen LogP contribution in [0, 0.1) is 17.3 Å². The second-order valence-corrected chi connectivity index (χ2v) is 3.93. The van der Waals surface area contributed by atoms with Crippen molar-refractivity contribution in [1.29, 1.82) is 0 Å². The van der Waals surface area contributed by atoms with Crippen LogP contribution < -0.4 is 0 Å². The third-order valence-electron chi connectivity index (χ3n) is 2.79. The predicted octanol–water partition coefficient (Wildman–Crippen LogP) is 1.32. The van der Waals surface area contributed by atoms with E-state index in [4.69, 9.17) is 5.11 Å². The Balaban J connectivity index is 2.73. The van der Waals surface area contributed by atoms with E-state index < -0.39 is 11.9 Å². The van der Waals surface area contributed by atoms with Gasteiger partial charge in [-0.05, 0) is 5.41 Å². The van der Waals surface area contributed by atoms with Gasteiger partial charge >= 0.3 is 5.97 Å². The molecule has 0 saturated heterocycles. The molecule has 0 aromatic rings. The van der Waals surface area contributed by atoms with Gasteiger partial charge in [0, 0.05) is 12.3 Å². The van der Waals surface area contributed by atoms with Crippen LogP contribution in [0.2, 0.25) is 0 Å². The molecule has 0 bridgehead atoms. The first-order chi connectivity index (χ1) is 5.42. The molecule has 1 rings (SSSR count). The van der Waals surface area contributed by atoms with Gasteiger partial charge in [0.1, 0.15) is 5.78 Å². The van der Waals surface area contributed by atoms with Crippen molar-refractivity contribution in [1.82, 2.24) is 0 Å². The minimum Gasteiger partial charge on any atom is -0.481 e. The lowest BCUT2D eigenvalue weighted by molar-refractivity contribution is -0.140. The van der Waals surface area contributed by atoms with Crippen molar-refractivity contribution in [2.24, 2.45) is 17.3 Å². The molecule has 1 aliphatic carbocycles. The molecule has 0 radical (unpaired) electrons. The molecule has 1 fully saturated rings. The van der Waals surface area contributed by atoms with Crippen LogP contribution in [0.15, 0.2) is 0 Å². The molecular formula is C9H14O3.